The van der Waals surface area contributed by atoms with Gasteiger partial charge in [-0.2, -0.15) is 0 Å². The monoisotopic (exact) mass is 360 g/mol. The Morgan fingerprint density at radius 2 is 1.72 bits per heavy atom. The van der Waals surface area contributed by atoms with Crippen LogP contribution in [-0.4, -0.2) is 23.0 Å². The second kappa shape index (κ2) is 8.03. The minimum absolute atomic E-state index is 0.102. The highest BCUT2D eigenvalue weighted by Gasteiger charge is 2.25. The smallest absolute Gasteiger partial charge is 0.251 e. The van der Waals surface area contributed by atoms with Crippen LogP contribution in [0.4, 0.5) is 5.69 Å². The van der Waals surface area contributed by atoms with Crippen molar-refractivity contribution in [2.45, 2.75) is 26.8 Å². The first-order chi connectivity index (χ1) is 11.8. The average Bonchev–Trinajstić information content (AvgIpc) is 2.56. The third kappa shape index (κ3) is 4.97. The van der Waals surface area contributed by atoms with Gasteiger partial charge < -0.3 is 15.7 Å². The van der Waals surface area contributed by atoms with E-state index in [0.717, 1.165) is 0 Å². The van der Waals surface area contributed by atoms with Crippen LogP contribution in [0.25, 0.3) is 0 Å². The van der Waals surface area contributed by atoms with Crippen molar-refractivity contribution in [2.24, 2.45) is 5.92 Å². The Kier molecular flexibility index (Phi) is 6.04. The topological polar surface area (TPSA) is 78.4 Å². The number of benzene rings is 2. The summed E-state index contributed by atoms with van der Waals surface area (Å²) in [6, 6.07) is 10.6. The summed E-state index contributed by atoms with van der Waals surface area (Å²) in [4.78, 5) is 24.9. The summed E-state index contributed by atoms with van der Waals surface area (Å²) in [6.45, 7) is 5.45. The Balaban J connectivity index is 2.11. The Labute approximate surface area is 152 Å². The summed E-state index contributed by atoms with van der Waals surface area (Å²) in [6.07, 6.45) is 0. The molecule has 6 heteroatoms. The molecule has 132 valence electrons. The summed E-state index contributed by atoms with van der Waals surface area (Å²) < 4.78 is 0. The van der Waals surface area contributed by atoms with Gasteiger partial charge in [0.25, 0.3) is 5.91 Å². The molecule has 1 atom stereocenters. The van der Waals surface area contributed by atoms with Crippen LogP contribution < -0.4 is 10.6 Å². The number of phenolic OH excluding ortho intramolecular Hbond substituents is 1. The van der Waals surface area contributed by atoms with Gasteiger partial charge in [0.2, 0.25) is 5.91 Å². The molecule has 0 spiro atoms. The lowest BCUT2D eigenvalue weighted by atomic mass is 10.0. The van der Waals surface area contributed by atoms with E-state index in [-0.39, 0.29) is 23.5 Å². The zero-order valence-electron chi connectivity index (χ0n) is 14.3. The number of carbonyl (C=O) groups is 2. The van der Waals surface area contributed by atoms with Crippen LogP contribution in [0.15, 0.2) is 42.5 Å². The van der Waals surface area contributed by atoms with Crippen molar-refractivity contribution in [3.05, 3.63) is 58.6 Å². The maximum atomic E-state index is 12.6. The molecule has 3 N–H and O–H groups in total. The third-order valence-corrected chi connectivity index (χ3v) is 4.06. The number of anilines is 1. The van der Waals surface area contributed by atoms with Crippen LogP contribution in [0.1, 0.15) is 29.8 Å². The predicted octanol–water partition coefficient (Wildman–Crippen LogP) is 3.75. The van der Waals surface area contributed by atoms with E-state index in [2.05, 4.69) is 10.6 Å². The normalized spacial score (nSPS) is 11.9. The first kappa shape index (κ1) is 18.8. The first-order valence-electron chi connectivity index (χ1n) is 7.95. The lowest BCUT2D eigenvalue weighted by Crippen LogP contribution is -2.47. The molecular weight excluding hydrogens is 340 g/mol. The van der Waals surface area contributed by atoms with Gasteiger partial charge in [0.05, 0.1) is 0 Å². The molecule has 2 amide bonds. The van der Waals surface area contributed by atoms with Crippen molar-refractivity contribution < 1.29 is 14.7 Å². The molecule has 0 saturated heterocycles. The zero-order chi connectivity index (χ0) is 18.6. The second-order valence-corrected chi connectivity index (χ2v) is 6.63. The number of nitrogens with one attached hydrogen (secondary N) is 2. The largest absolute Gasteiger partial charge is 0.508 e. The van der Waals surface area contributed by atoms with Crippen molar-refractivity contribution in [1.82, 2.24) is 5.32 Å². The molecule has 0 radical (unpaired) electrons. The Bertz CT molecular complexity index is 773. The molecule has 2 aromatic carbocycles. The Morgan fingerprint density at radius 1 is 1.08 bits per heavy atom. The molecule has 0 bridgehead atoms. The molecular formula is C19H21ClN2O3. The highest BCUT2D eigenvalue weighted by molar-refractivity contribution is 6.30. The van der Waals surface area contributed by atoms with E-state index in [9.17, 15) is 14.7 Å². The van der Waals surface area contributed by atoms with E-state index in [1.807, 2.05) is 13.8 Å². The lowest BCUT2D eigenvalue weighted by Gasteiger charge is -2.22. The maximum Gasteiger partial charge on any atom is 0.251 e. The van der Waals surface area contributed by atoms with E-state index in [4.69, 9.17) is 11.6 Å². The quantitative estimate of drug-likeness (QED) is 0.710. The summed E-state index contributed by atoms with van der Waals surface area (Å²) in [5.74, 6) is -0.598. The van der Waals surface area contributed by atoms with Crippen LogP contribution in [0, 0.1) is 12.8 Å². The molecule has 0 aliphatic carbocycles. The summed E-state index contributed by atoms with van der Waals surface area (Å²) in [7, 11) is 0. The van der Waals surface area contributed by atoms with Crippen LogP contribution in [-0.2, 0) is 4.79 Å². The van der Waals surface area contributed by atoms with E-state index in [0.29, 0.717) is 21.8 Å². The van der Waals surface area contributed by atoms with E-state index in [1.54, 1.807) is 43.3 Å². The number of rotatable bonds is 5. The number of aromatic hydroxyl groups is 1. The van der Waals surface area contributed by atoms with Crippen LogP contribution in [0.2, 0.25) is 5.02 Å². The highest BCUT2D eigenvalue weighted by Crippen LogP contribution is 2.20. The van der Waals surface area contributed by atoms with Gasteiger partial charge in [-0.1, -0.05) is 25.4 Å². The summed E-state index contributed by atoms with van der Waals surface area (Å²) in [5.41, 5.74) is 1.65. The van der Waals surface area contributed by atoms with Crippen molar-refractivity contribution in [3.63, 3.8) is 0 Å². The molecule has 2 rings (SSSR count). The molecule has 0 aliphatic heterocycles. The Morgan fingerprint density at radius 3 is 2.28 bits per heavy atom. The van der Waals surface area contributed by atoms with Gasteiger partial charge in [-0.15, -0.1) is 0 Å². The molecule has 2 aromatic rings. The molecule has 0 unspecified atom stereocenters. The minimum atomic E-state index is -0.697. The van der Waals surface area contributed by atoms with Gasteiger partial charge in [0.1, 0.15) is 11.8 Å². The molecule has 0 aliphatic rings. The molecule has 5 nitrogen and oxygen atoms in total. The van der Waals surface area contributed by atoms with Crippen molar-refractivity contribution >= 4 is 29.1 Å². The van der Waals surface area contributed by atoms with Crippen molar-refractivity contribution in [2.75, 3.05) is 5.32 Å². The second-order valence-electron chi connectivity index (χ2n) is 6.19. The number of hydrogen-bond acceptors (Lipinski definition) is 3. The van der Waals surface area contributed by atoms with Crippen LogP contribution >= 0.6 is 11.6 Å². The SMILES string of the molecule is Cc1cc(NC(=O)[C@H](NC(=O)c2ccc(Cl)cc2)C(C)C)ccc1O. The zero-order valence-corrected chi connectivity index (χ0v) is 15.1. The maximum absolute atomic E-state index is 12.6. The number of hydrogen-bond donors (Lipinski definition) is 3. The molecule has 0 saturated carbocycles. The number of aryl methyl sites for hydroxylation is 1. The van der Waals surface area contributed by atoms with Gasteiger partial charge in [0, 0.05) is 16.3 Å². The van der Waals surface area contributed by atoms with E-state index in [1.165, 1.54) is 6.07 Å². The standard InChI is InChI=1S/C19H21ClN2O3/c1-11(2)17(22-18(24)13-4-6-14(20)7-5-13)19(25)21-15-8-9-16(23)12(3)10-15/h4-11,17,23H,1-3H3,(H,21,25)(H,22,24)/t17-/m1/s1. The highest BCUT2D eigenvalue weighted by atomic mass is 35.5. The molecule has 25 heavy (non-hydrogen) atoms. The number of amides is 2. The fraction of sp³-hybridized carbons (Fsp3) is 0.263. The van der Waals surface area contributed by atoms with Crippen molar-refractivity contribution in [1.29, 1.82) is 0 Å². The summed E-state index contributed by atoms with van der Waals surface area (Å²) >= 11 is 5.82. The third-order valence-electron chi connectivity index (χ3n) is 3.81. The minimum Gasteiger partial charge on any atom is -0.508 e. The van der Waals surface area contributed by atoms with Gasteiger partial charge in [0.15, 0.2) is 0 Å². The number of halogens is 1. The fourth-order valence-electron chi connectivity index (χ4n) is 2.31. The van der Waals surface area contributed by atoms with Crippen LogP contribution in [0.3, 0.4) is 0 Å². The molecule has 0 fully saturated rings. The Hall–Kier alpha value is -2.53. The van der Waals surface area contributed by atoms with Gasteiger partial charge in [-0.3, -0.25) is 9.59 Å². The van der Waals surface area contributed by atoms with E-state index < -0.39 is 6.04 Å². The first-order valence-corrected chi connectivity index (χ1v) is 8.32. The molecule has 0 aromatic heterocycles. The van der Waals surface area contributed by atoms with Gasteiger partial charge in [-0.05, 0) is 60.9 Å². The number of phenols is 1. The average molecular weight is 361 g/mol. The lowest BCUT2D eigenvalue weighted by molar-refractivity contribution is -0.118. The predicted molar refractivity (Wildman–Crippen MR) is 99.0 cm³/mol. The van der Waals surface area contributed by atoms with E-state index >= 15 is 0 Å². The van der Waals surface area contributed by atoms with Crippen LogP contribution in [0.5, 0.6) is 5.75 Å². The fourth-order valence-corrected chi connectivity index (χ4v) is 2.44. The van der Waals surface area contributed by atoms with Crippen molar-refractivity contribution in [3.8, 4) is 5.75 Å². The number of carbonyl (C=O) groups excluding carboxylic acids is 2. The van der Waals surface area contributed by atoms with Gasteiger partial charge in [-0.25, -0.2) is 0 Å². The molecule has 0 heterocycles. The summed E-state index contributed by atoms with van der Waals surface area (Å²) in [5, 5.41) is 15.6. The van der Waals surface area contributed by atoms with Gasteiger partial charge >= 0.3 is 0 Å².